The molecular formula is C48H35N. The Kier molecular flexibility index (Phi) is 7.06. The Balaban J connectivity index is 1.18. The van der Waals surface area contributed by atoms with Crippen LogP contribution in [0.3, 0.4) is 0 Å². The monoisotopic (exact) mass is 625 g/mol. The third-order valence-corrected chi connectivity index (χ3v) is 10.4. The van der Waals surface area contributed by atoms with Crippen molar-refractivity contribution < 1.29 is 0 Å². The van der Waals surface area contributed by atoms with Gasteiger partial charge >= 0.3 is 0 Å². The highest BCUT2D eigenvalue weighted by Crippen LogP contribution is 2.47. The normalized spacial score (nSPS) is 18.6. The zero-order valence-corrected chi connectivity index (χ0v) is 27.4. The number of fused-ring (bicyclic) bond motifs is 4. The lowest BCUT2D eigenvalue weighted by atomic mass is 9.62. The summed E-state index contributed by atoms with van der Waals surface area (Å²) in [4.78, 5) is 5.13. The second kappa shape index (κ2) is 11.9. The van der Waals surface area contributed by atoms with Gasteiger partial charge in [0.25, 0.3) is 0 Å². The van der Waals surface area contributed by atoms with E-state index in [2.05, 4.69) is 195 Å². The Bertz CT molecular complexity index is 2440. The molecule has 0 saturated heterocycles. The molecule has 6 aromatic rings. The standard InChI is InChI=1S/C48H35N/c1-48-28-13-12-25-45(48)42-27-26-36(30-43(42)41-23-10-11-24-44(41)48)35-19-14-20-37(29-35)39-21-8-9-22-40(39)38-31-46(33-15-4-2-5-16-33)49-47(32-38)34-17-6-3-7-18-34/h2-32,44H,1H3/t44-,48?/m0/s1. The minimum atomic E-state index is -0.0444. The van der Waals surface area contributed by atoms with Gasteiger partial charge in [0.1, 0.15) is 0 Å². The molecule has 5 aromatic carbocycles. The van der Waals surface area contributed by atoms with Crippen LogP contribution in [0, 0.1) is 11.3 Å². The van der Waals surface area contributed by atoms with E-state index in [-0.39, 0.29) is 5.41 Å². The maximum atomic E-state index is 5.13. The van der Waals surface area contributed by atoms with Gasteiger partial charge in [0.05, 0.1) is 11.4 Å². The van der Waals surface area contributed by atoms with Crippen molar-refractivity contribution in [1.29, 1.82) is 0 Å². The van der Waals surface area contributed by atoms with Crippen molar-refractivity contribution in [2.75, 3.05) is 0 Å². The van der Waals surface area contributed by atoms with E-state index >= 15 is 0 Å². The van der Waals surface area contributed by atoms with Gasteiger partial charge in [0, 0.05) is 22.5 Å². The summed E-state index contributed by atoms with van der Waals surface area (Å²) in [6.45, 7) is 2.38. The Morgan fingerprint density at radius 3 is 1.82 bits per heavy atom. The van der Waals surface area contributed by atoms with Crippen molar-refractivity contribution in [1.82, 2.24) is 4.98 Å². The van der Waals surface area contributed by atoms with Gasteiger partial charge < -0.3 is 0 Å². The highest BCUT2D eigenvalue weighted by Gasteiger charge is 2.39. The van der Waals surface area contributed by atoms with Crippen molar-refractivity contribution >= 4 is 11.1 Å². The number of rotatable bonds is 5. The average Bonchev–Trinajstić information content (AvgIpc) is 3.18. The number of allylic oxidation sites excluding steroid dienone is 8. The lowest BCUT2D eigenvalue weighted by molar-refractivity contribution is 0.484. The molecule has 0 radical (unpaired) electrons. The van der Waals surface area contributed by atoms with Gasteiger partial charge in [-0.1, -0.05) is 171 Å². The average molecular weight is 626 g/mol. The molecule has 0 N–H and O–H groups in total. The topological polar surface area (TPSA) is 12.9 Å². The predicted octanol–water partition coefficient (Wildman–Crippen LogP) is 10.6. The number of pyridine rings is 1. The van der Waals surface area contributed by atoms with Crippen LogP contribution < -0.4 is 10.4 Å². The third-order valence-electron chi connectivity index (χ3n) is 10.4. The lowest BCUT2D eigenvalue weighted by Crippen LogP contribution is -2.44. The van der Waals surface area contributed by atoms with E-state index in [0.29, 0.717) is 5.92 Å². The van der Waals surface area contributed by atoms with Crippen molar-refractivity contribution in [2.24, 2.45) is 11.3 Å². The summed E-state index contributed by atoms with van der Waals surface area (Å²) in [6, 6.07) is 50.2. The molecule has 1 heterocycles. The Morgan fingerprint density at radius 1 is 0.469 bits per heavy atom. The van der Waals surface area contributed by atoms with Gasteiger partial charge in [-0.15, -0.1) is 0 Å². The minimum Gasteiger partial charge on any atom is -0.248 e. The van der Waals surface area contributed by atoms with E-state index in [1.807, 2.05) is 0 Å². The molecular weight excluding hydrogens is 591 g/mol. The van der Waals surface area contributed by atoms with Crippen molar-refractivity contribution in [3.8, 4) is 55.9 Å². The van der Waals surface area contributed by atoms with Crippen LogP contribution in [0.1, 0.15) is 6.92 Å². The Morgan fingerprint density at radius 2 is 1.08 bits per heavy atom. The first-order valence-corrected chi connectivity index (χ1v) is 17.1. The summed E-state index contributed by atoms with van der Waals surface area (Å²) in [6.07, 6.45) is 18.1. The molecule has 1 heteroatoms. The minimum absolute atomic E-state index is 0.0444. The molecule has 0 amide bonds. The Hall–Kier alpha value is -6.05. The van der Waals surface area contributed by atoms with Gasteiger partial charge in [-0.05, 0) is 79.2 Å². The largest absolute Gasteiger partial charge is 0.248 e. The molecule has 9 rings (SSSR count). The van der Waals surface area contributed by atoms with Gasteiger partial charge in [-0.2, -0.15) is 0 Å². The summed E-state index contributed by atoms with van der Waals surface area (Å²) in [5.41, 5.74) is 14.1. The molecule has 0 saturated carbocycles. The van der Waals surface area contributed by atoms with Crippen LogP contribution in [0.5, 0.6) is 0 Å². The maximum absolute atomic E-state index is 5.13. The second-order valence-electron chi connectivity index (χ2n) is 13.3. The first kappa shape index (κ1) is 29.1. The van der Waals surface area contributed by atoms with E-state index in [1.165, 1.54) is 49.4 Å². The van der Waals surface area contributed by atoms with E-state index in [9.17, 15) is 0 Å². The molecule has 3 aliphatic rings. The van der Waals surface area contributed by atoms with E-state index < -0.39 is 0 Å². The van der Waals surface area contributed by atoms with Crippen molar-refractivity contribution in [3.63, 3.8) is 0 Å². The van der Waals surface area contributed by atoms with Crippen LogP contribution in [0.4, 0.5) is 0 Å². The van der Waals surface area contributed by atoms with Crippen LogP contribution in [0.25, 0.3) is 67.0 Å². The lowest BCUT2D eigenvalue weighted by Gasteiger charge is -2.41. The highest BCUT2D eigenvalue weighted by molar-refractivity contribution is 5.88. The second-order valence-corrected chi connectivity index (χ2v) is 13.3. The first-order valence-electron chi connectivity index (χ1n) is 17.1. The molecule has 0 aliphatic heterocycles. The van der Waals surface area contributed by atoms with Crippen LogP contribution in [-0.4, -0.2) is 4.98 Å². The summed E-state index contributed by atoms with van der Waals surface area (Å²) in [7, 11) is 0. The number of aromatic nitrogens is 1. The zero-order valence-electron chi connectivity index (χ0n) is 27.4. The molecule has 1 unspecified atom stereocenters. The van der Waals surface area contributed by atoms with Crippen LogP contribution >= 0.6 is 0 Å². The number of hydrogen-bond acceptors (Lipinski definition) is 1. The maximum Gasteiger partial charge on any atom is 0.0715 e. The summed E-state index contributed by atoms with van der Waals surface area (Å²) in [5, 5.41) is 2.67. The van der Waals surface area contributed by atoms with E-state index in [0.717, 1.165) is 28.1 Å². The Labute approximate surface area is 288 Å². The van der Waals surface area contributed by atoms with Crippen molar-refractivity contribution in [2.45, 2.75) is 6.92 Å². The summed E-state index contributed by atoms with van der Waals surface area (Å²) < 4.78 is 0. The molecule has 1 nitrogen and oxygen atoms in total. The first-order chi connectivity index (χ1) is 24.2. The van der Waals surface area contributed by atoms with Gasteiger partial charge in [-0.3, -0.25) is 0 Å². The molecule has 1 aromatic heterocycles. The highest BCUT2D eigenvalue weighted by atomic mass is 14.7. The fraction of sp³-hybridized carbons (Fsp3) is 0.0625. The summed E-state index contributed by atoms with van der Waals surface area (Å²) in [5.74, 6) is 0.316. The summed E-state index contributed by atoms with van der Waals surface area (Å²) >= 11 is 0. The van der Waals surface area contributed by atoms with E-state index in [4.69, 9.17) is 4.98 Å². The quantitative estimate of drug-likeness (QED) is 0.186. The fourth-order valence-corrected chi connectivity index (χ4v) is 7.90. The molecule has 3 aliphatic carbocycles. The third kappa shape index (κ3) is 5.07. The molecule has 2 atom stereocenters. The number of hydrogen-bond donors (Lipinski definition) is 0. The van der Waals surface area contributed by atoms with Gasteiger partial charge in [0.15, 0.2) is 0 Å². The zero-order chi connectivity index (χ0) is 32.8. The molecule has 0 fully saturated rings. The SMILES string of the molecule is CC12C=CC=CC1=c1ccc(-c3cccc(-c4ccccc4-c4cc(-c5ccccc5)nc(-c5ccccc5)c4)c3)cc1=C1C=CC=C[C@@H]12. The smallest absolute Gasteiger partial charge is 0.0715 e. The molecule has 0 spiro atoms. The van der Waals surface area contributed by atoms with Crippen molar-refractivity contribution in [3.05, 3.63) is 199 Å². The van der Waals surface area contributed by atoms with Crippen LogP contribution in [-0.2, 0) is 0 Å². The fourth-order valence-electron chi connectivity index (χ4n) is 7.90. The van der Waals surface area contributed by atoms with Gasteiger partial charge in [-0.25, -0.2) is 4.98 Å². The predicted molar refractivity (Wildman–Crippen MR) is 206 cm³/mol. The van der Waals surface area contributed by atoms with Crippen LogP contribution in [0.2, 0.25) is 0 Å². The van der Waals surface area contributed by atoms with Gasteiger partial charge in [0.2, 0.25) is 0 Å². The molecule has 232 valence electrons. The van der Waals surface area contributed by atoms with E-state index in [1.54, 1.807) is 0 Å². The molecule has 0 bridgehead atoms. The van der Waals surface area contributed by atoms with Crippen LogP contribution in [0.15, 0.2) is 188 Å². The number of nitrogens with zero attached hydrogens (tertiary/aromatic N) is 1. The molecule has 49 heavy (non-hydrogen) atoms. The number of benzene rings is 5.